The van der Waals surface area contributed by atoms with Gasteiger partial charge in [-0.25, -0.2) is 0 Å². The SMILES string of the molecule is CN(C)CCCOc1ccc(NC(=O)CCc2nc(-c3ccsc3)no2)cc1. The number of carbonyl (C=O) groups is 1. The molecule has 148 valence electrons. The third kappa shape index (κ3) is 6.17. The number of thiophene rings is 1. The maximum atomic E-state index is 12.1. The Labute approximate surface area is 168 Å². The molecule has 0 aliphatic carbocycles. The summed E-state index contributed by atoms with van der Waals surface area (Å²) in [5, 5.41) is 10.7. The van der Waals surface area contributed by atoms with Crippen molar-refractivity contribution in [3.8, 4) is 17.1 Å². The molecular weight excluding hydrogens is 376 g/mol. The van der Waals surface area contributed by atoms with E-state index in [0.29, 0.717) is 24.7 Å². The lowest BCUT2D eigenvalue weighted by Gasteiger charge is -2.11. The minimum absolute atomic E-state index is 0.102. The van der Waals surface area contributed by atoms with E-state index >= 15 is 0 Å². The highest BCUT2D eigenvalue weighted by Crippen LogP contribution is 2.19. The van der Waals surface area contributed by atoms with Gasteiger partial charge < -0.3 is 19.5 Å². The number of carbonyl (C=O) groups excluding carboxylic acids is 1. The zero-order chi connectivity index (χ0) is 19.8. The number of nitrogens with zero attached hydrogens (tertiary/aromatic N) is 3. The van der Waals surface area contributed by atoms with E-state index in [9.17, 15) is 4.79 Å². The summed E-state index contributed by atoms with van der Waals surface area (Å²) in [5.74, 6) is 1.70. The molecule has 3 aromatic rings. The van der Waals surface area contributed by atoms with Crippen molar-refractivity contribution in [2.75, 3.05) is 32.6 Å². The average molecular weight is 401 g/mol. The number of rotatable bonds is 10. The summed E-state index contributed by atoms with van der Waals surface area (Å²) < 4.78 is 10.9. The van der Waals surface area contributed by atoms with Crippen molar-refractivity contribution in [1.29, 1.82) is 0 Å². The lowest BCUT2D eigenvalue weighted by atomic mass is 10.2. The van der Waals surface area contributed by atoms with Gasteiger partial charge in [0.2, 0.25) is 17.6 Å². The second-order valence-electron chi connectivity index (χ2n) is 6.60. The van der Waals surface area contributed by atoms with E-state index in [1.54, 1.807) is 11.3 Å². The van der Waals surface area contributed by atoms with Crippen molar-refractivity contribution in [1.82, 2.24) is 15.0 Å². The van der Waals surface area contributed by atoms with Crippen LogP contribution in [0.15, 0.2) is 45.6 Å². The van der Waals surface area contributed by atoms with E-state index in [-0.39, 0.29) is 12.3 Å². The molecule has 0 unspecified atom stereocenters. The first-order valence-corrected chi connectivity index (χ1v) is 10.1. The quantitative estimate of drug-likeness (QED) is 0.523. The van der Waals surface area contributed by atoms with Gasteiger partial charge in [-0.15, -0.1) is 0 Å². The Hall–Kier alpha value is -2.71. The molecule has 0 saturated heterocycles. The lowest BCUT2D eigenvalue weighted by Crippen LogP contribution is -2.15. The fraction of sp³-hybridized carbons (Fsp3) is 0.350. The summed E-state index contributed by atoms with van der Waals surface area (Å²) in [6, 6.07) is 9.32. The van der Waals surface area contributed by atoms with Gasteiger partial charge in [0, 0.05) is 36.0 Å². The predicted molar refractivity (Wildman–Crippen MR) is 110 cm³/mol. The van der Waals surface area contributed by atoms with Crippen molar-refractivity contribution in [2.45, 2.75) is 19.3 Å². The zero-order valence-electron chi connectivity index (χ0n) is 16.1. The predicted octanol–water partition coefficient (Wildman–Crippen LogP) is 3.70. The van der Waals surface area contributed by atoms with E-state index in [0.717, 1.165) is 30.0 Å². The van der Waals surface area contributed by atoms with Crippen LogP contribution in [0, 0.1) is 0 Å². The van der Waals surface area contributed by atoms with Gasteiger partial charge in [0.25, 0.3) is 0 Å². The molecule has 1 aromatic carbocycles. The minimum atomic E-state index is -0.102. The van der Waals surface area contributed by atoms with Gasteiger partial charge in [0.15, 0.2) is 0 Å². The molecule has 1 amide bonds. The minimum Gasteiger partial charge on any atom is -0.494 e. The summed E-state index contributed by atoms with van der Waals surface area (Å²) in [6.07, 6.45) is 1.64. The van der Waals surface area contributed by atoms with Crippen molar-refractivity contribution in [3.05, 3.63) is 47.0 Å². The standard InChI is InChI=1S/C20H24N4O3S/c1-24(2)11-3-12-26-17-6-4-16(5-7-17)21-18(25)8-9-19-22-20(23-27-19)15-10-13-28-14-15/h4-7,10,13-14H,3,8-9,11-12H2,1-2H3,(H,21,25). The Kier molecular flexibility index (Phi) is 7.16. The fourth-order valence-electron chi connectivity index (χ4n) is 2.51. The Morgan fingerprint density at radius 3 is 2.79 bits per heavy atom. The number of anilines is 1. The molecule has 2 heterocycles. The third-order valence-electron chi connectivity index (χ3n) is 3.97. The normalized spacial score (nSPS) is 11.0. The topological polar surface area (TPSA) is 80.5 Å². The number of hydrogen-bond donors (Lipinski definition) is 1. The molecule has 0 radical (unpaired) electrons. The highest BCUT2D eigenvalue weighted by atomic mass is 32.1. The van der Waals surface area contributed by atoms with Gasteiger partial charge in [0.1, 0.15) is 5.75 Å². The number of amides is 1. The largest absolute Gasteiger partial charge is 0.494 e. The third-order valence-corrected chi connectivity index (χ3v) is 4.65. The number of hydrogen-bond acceptors (Lipinski definition) is 7. The van der Waals surface area contributed by atoms with Crippen LogP contribution in [0.2, 0.25) is 0 Å². The Morgan fingerprint density at radius 2 is 2.07 bits per heavy atom. The maximum absolute atomic E-state index is 12.1. The molecule has 8 heteroatoms. The van der Waals surface area contributed by atoms with Crippen molar-refractivity contribution in [2.24, 2.45) is 0 Å². The number of nitrogens with one attached hydrogen (secondary N) is 1. The van der Waals surface area contributed by atoms with E-state index in [1.165, 1.54) is 0 Å². The van der Waals surface area contributed by atoms with Crippen molar-refractivity contribution < 1.29 is 14.1 Å². The molecular formula is C20H24N4O3S. The maximum Gasteiger partial charge on any atom is 0.227 e. The lowest BCUT2D eigenvalue weighted by molar-refractivity contribution is -0.116. The summed E-state index contributed by atoms with van der Waals surface area (Å²) in [6.45, 7) is 1.66. The Morgan fingerprint density at radius 1 is 1.25 bits per heavy atom. The molecule has 0 fully saturated rings. The van der Waals surface area contributed by atoms with E-state index in [1.807, 2.05) is 55.2 Å². The van der Waals surface area contributed by atoms with E-state index < -0.39 is 0 Å². The Balaban J connectivity index is 1.41. The highest BCUT2D eigenvalue weighted by molar-refractivity contribution is 7.08. The molecule has 2 aromatic heterocycles. The average Bonchev–Trinajstić information content (AvgIpc) is 3.36. The monoisotopic (exact) mass is 400 g/mol. The van der Waals surface area contributed by atoms with E-state index in [2.05, 4.69) is 20.4 Å². The van der Waals surface area contributed by atoms with Crippen LogP contribution in [-0.2, 0) is 11.2 Å². The van der Waals surface area contributed by atoms with Crippen LogP contribution in [-0.4, -0.2) is 48.2 Å². The van der Waals surface area contributed by atoms with Crippen LogP contribution in [0.4, 0.5) is 5.69 Å². The molecule has 28 heavy (non-hydrogen) atoms. The van der Waals surface area contributed by atoms with Gasteiger partial charge in [0.05, 0.1) is 6.61 Å². The molecule has 3 rings (SSSR count). The fourth-order valence-corrected chi connectivity index (χ4v) is 3.15. The molecule has 0 bridgehead atoms. The highest BCUT2D eigenvalue weighted by Gasteiger charge is 2.11. The van der Waals surface area contributed by atoms with Crippen molar-refractivity contribution in [3.63, 3.8) is 0 Å². The number of aryl methyl sites for hydroxylation is 1. The summed E-state index contributed by atoms with van der Waals surface area (Å²) in [7, 11) is 4.08. The Bertz CT molecular complexity index is 860. The second kappa shape index (κ2) is 10.0. The van der Waals surface area contributed by atoms with Gasteiger partial charge >= 0.3 is 0 Å². The first-order valence-electron chi connectivity index (χ1n) is 9.13. The molecule has 1 N–H and O–H groups in total. The first kappa shape index (κ1) is 20.0. The van der Waals surface area contributed by atoms with E-state index in [4.69, 9.17) is 9.26 Å². The molecule has 0 saturated carbocycles. The molecule has 0 spiro atoms. The van der Waals surface area contributed by atoms with Gasteiger partial charge in [-0.05, 0) is 56.2 Å². The number of aromatic nitrogens is 2. The van der Waals surface area contributed by atoms with Gasteiger partial charge in [-0.1, -0.05) is 5.16 Å². The summed E-state index contributed by atoms with van der Waals surface area (Å²) in [5.41, 5.74) is 1.66. The molecule has 0 atom stereocenters. The van der Waals surface area contributed by atoms with Gasteiger partial charge in [-0.2, -0.15) is 16.3 Å². The van der Waals surface area contributed by atoms with Crippen molar-refractivity contribution >= 4 is 22.9 Å². The van der Waals surface area contributed by atoms with Gasteiger partial charge in [-0.3, -0.25) is 4.79 Å². The van der Waals surface area contributed by atoms with Crippen LogP contribution in [0.5, 0.6) is 5.75 Å². The zero-order valence-corrected chi connectivity index (χ0v) is 16.9. The van der Waals surface area contributed by atoms with Crippen LogP contribution in [0.25, 0.3) is 11.4 Å². The molecule has 0 aliphatic rings. The second-order valence-corrected chi connectivity index (χ2v) is 7.38. The van der Waals surface area contributed by atoms with Crippen LogP contribution < -0.4 is 10.1 Å². The van der Waals surface area contributed by atoms with Crippen LogP contribution in [0.3, 0.4) is 0 Å². The number of ether oxygens (including phenoxy) is 1. The summed E-state index contributed by atoms with van der Waals surface area (Å²) in [4.78, 5) is 18.6. The summed E-state index contributed by atoms with van der Waals surface area (Å²) >= 11 is 1.57. The molecule has 7 nitrogen and oxygen atoms in total. The smallest absolute Gasteiger partial charge is 0.227 e. The molecule has 0 aliphatic heterocycles. The van der Waals surface area contributed by atoms with Crippen LogP contribution >= 0.6 is 11.3 Å². The first-order chi connectivity index (χ1) is 13.6. The van der Waals surface area contributed by atoms with Crippen LogP contribution in [0.1, 0.15) is 18.7 Å². The number of benzene rings is 1.